The average molecular weight is 642 g/mol. The molecular formula is C35H51NO8Si. The van der Waals surface area contributed by atoms with Crippen molar-refractivity contribution in [2.45, 2.75) is 76.9 Å². The Labute approximate surface area is 269 Å². The second-order valence-corrected chi connectivity index (χ2v) is 17.8. The summed E-state index contributed by atoms with van der Waals surface area (Å²) in [4.78, 5) is 28.6. The predicted molar refractivity (Wildman–Crippen MR) is 177 cm³/mol. The van der Waals surface area contributed by atoms with Crippen LogP contribution in [0.4, 0.5) is 4.79 Å². The van der Waals surface area contributed by atoms with E-state index in [4.69, 9.17) is 28.1 Å². The molecule has 2 aromatic carbocycles. The molecule has 3 rings (SSSR count). The summed E-state index contributed by atoms with van der Waals surface area (Å²) in [5, 5.41) is -0.00340. The summed E-state index contributed by atoms with van der Waals surface area (Å²) in [5.74, 6) is -0.307. The first-order chi connectivity index (χ1) is 21.4. The highest BCUT2D eigenvalue weighted by molar-refractivity contribution is 6.74. The third-order valence-electron chi connectivity index (χ3n) is 8.62. The highest BCUT2D eigenvalue weighted by atomic mass is 28.4. The minimum atomic E-state index is -2.12. The normalized spacial score (nSPS) is 16.7. The molecule has 10 heteroatoms. The highest BCUT2D eigenvalue weighted by Gasteiger charge is 2.44. The molecule has 2 amide bonds. The van der Waals surface area contributed by atoms with Crippen LogP contribution in [0.5, 0.6) is 5.75 Å². The van der Waals surface area contributed by atoms with Crippen LogP contribution in [0, 0.1) is 5.92 Å². The van der Waals surface area contributed by atoms with Gasteiger partial charge in [0.25, 0.3) is 0 Å². The fraction of sp³-hybridized carbons (Fsp3) is 0.543. The van der Waals surface area contributed by atoms with E-state index in [0.717, 1.165) is 16.9 Å². The molecule has 248 valence electrons. The Morgan fingerprint density at radius 2 is 1.76 bits per heavy atom. The van der Waals surface area contributed by atoms with Crippen LogP contribution in [0.2, 0.25) is 18.1 Å². The summed E-state index contributed by atoms with van der Waals surface area (Å²) < 4.78 is 34.5. The van der Waals surface area contributed by atoms with Gasteiger partial charge < -0.3 is 28.1 Å². The molecule has 9 nitrogen and oxygen atoms in total. The van der Waals surface area contributed by atoms with Crippen molar-refractivity contribution in [3.05, 3.63) is 77.9 Å². The number of hydrogen-bond acceptors (Lipinski definition) is 8. The number of methoxy groups -OCH3 is 2. The Kier molecular flexibility index (Phi) is 13.8. The number of carbonyl (C=O) groups is 2. The lowest BCUT2D eigenvalue weighted by atomic mass is 9.90. The van der Waals surface area contributed by atoms with Crippen LogP contribution in [-0.2, 0) is 41.2 Å². The van der Waals surface area contributed by atoms with Gasteiger partial charge in [0.1, 0.15) is 19.1 Å². The average Bonchev–Trinajstić information content (AvgIpc) is 3.38. The van der Waals surface area contributed by atoms with Gasteiger partial charge in [-0.15, -0.1) is 0 Å². The van der Waals surface area contributed by atoms with Gasteiger partial charge >= 0.3 is 6.09 Å². The minimum Gasteiger partial charge on any atom is -0.497 e. The van der Waals surface area contributed by atoms with Crippen LogP contribution < -0.4 is 4.74 Å². The lowest BCUT2D eigenvalue weighted by Crippen LogP contribution is -2.48. The highest BCUT2D eigenvalue weighted by Crippen LogP contribution is 2.37. The predicted octanol–water partition coefficient (Wildman–Crippen LogP) is 6.77. The van der Waals surface area contributed by atoms with Gasteiger partial charge in [-0.1, -0.05) is 69.8 Å². The smallest absolute Gasteiger partial charge is 0.416 e. The molecule has 0 radical (unpaired) electrons. The molecule has 1 fully saturated rings. The van der Waals surface area contributed by atoms with E-state index < -0.39 is 32.5 Å². The van der Waals surface area contributed by atoms with Crippen molar-refractivity contribution in [2.24, 2.45) is 5.92 Å². The zero-order chi connectivity index (χ0) is 33.0. The minimum absolute atomic E-state index is 0.00340. The van der Waals surface area contributed by atoms with Crippen LogP contribution >= 0.6 is 0 Å². The van der Waals surface area contributed by atoms with Gasteiger partial charge in [0.05, 0.1) is 38.4 Å². The fourth-order valence-electron chi connectivity index (χ4n) is 4.90. The van der Waals surface area contributed by atoms with E-state index in [1.54, 1.807) is 7.11 Å². The van der Waals surface area contributed by atoms with Crippen LogP contribution in [0.3, 0.4) is 0 Å². The topological polar surface area (TPSA) is 92.8 Å². The molecule has 45 heavy (non-hydrogen) atoms. The zero-order valence-corrected chi connectivity index (χ0v) is 29.0. The first-order valence-corrected chi connectivity index (χ1v) is 18.5. The van der Waals surface area contributed by atoms with Gasteiger partial charge in [0, 0.05) is 13.7 Å². The van der Waals surface area contributed by atoms with Crippen LogP contribution in [0.1, 0.15) is 44.7 Å². The molecule has 2 aromatic rings. The molecule has 0 N–H and O–H groups in total. The molecule has 0 aromatic heterocycles. The van der Waals surface area contributed by atoms with Crippen molar-refractivity contribution < 1.29 is 37.7 Å². The van der Waals surface area contributed by atoms with Crippen LogP contribution in [0.15, 0.2) is 66.7 Å². The van der Waals surface area contributed by atoms with E-state index >= 15 is 0 Å². The number of imide groups is 1. The number of nitrogens with zero attached hydrogens (tertiary/aromatic N) is 1. The molecule has 0 aliphatic carbocycles. The Morgan fingerprint density at radius 3 is 2.38 bits per heavy atom. The number of benzene rings is 2. The number of carbonyl (C=O) groups excluding carboxylic acids is 2. The summed E-state index contributed by atoms with van der Waals surface area (Å²) in [6.45, 7) is 16.3. The zero-order valence-electron chi connectivity index (χ0n) is 28.0. The fourth-order valence-corrected chi connectivity index (χ4v) is 5.88. The Bertz CT molecular complexity index is 1230. The van der Waals surface area contributed by atoms with E-state index in [2.05, 4.69) is 40.4 Å². The second kappa shape index (κ2) is 17.0. The van der Waals surface area contributed by atoms with Crippen molar-refractivity contribution in [1.29, 1.82) is 0 Å². The molecule has 1 aliphatic rings. The third kappa shape index (κ3) is 10.5. The van der Waals surface area contributed by atoms with Gasteiger partial charge in [-0.25, -0.2) is 9.69 Å². The molecule has 0 unspecified atom stereocenters. The monoisotopic (exact) mass is 641 g/mol. The lowest BCUT2D eigenvalue weighted by Gasteiger charge is -2.37. The molecule has 1 saturated heterocycles. The maximum absolute atomic E-state index is 14.3. The lowest BCUT2D eigenvalue weighted by molar-refractivity contribution is -0.143. The molecule has 0 spiro atoms. The van der Waals surface area contributed by atoms with Gasteiger partial charge in [0.2, 0.25) is 5.91 Å². The molecule has 1 heterocycles. The SMILES string of the molecule is C=C(CO[Si](C)(C)C(C)(C)C)[C@H](OCOC)[C@@H](CCCOCc1ccc(OC)cc1)C(=O)N1C(=O)OC[C@H]1Cc1ccccc1. The van der Waals surface area contributed by atoms with Crippen molar-refractivity contribution in [2.75, 3.05) is 40.8 Å². The summed E-state index contributed by atoms with van der Waals surface area (Å²) in [5.41, 5.74) is 2.66. The first-order valence-electron chi connectivity index (χ1n) is 15.5. The van der Waals surface area contributed by atoms with Gasteiger partial charge in [0.15, 0.2) is 8.32 Å². The molecule has 0 saturated carbocycles. The maximum atomic E-state index is 14.3. The maximum Gasteiger partial charge on any atom is 0.416 e. The van der Waals surface area contributed by atoms with Crippen LogP contribution in [-0.4, -0.2) is 78.2 Å². The third-order valence-corrected chi connectivity index (χ3v) is 13.1. The van der Waals surface area contributed by atoms with Crippen molar-refractivity contribution in [3.63, 3.8) is 0 Å². The number of amides is 2. The Hall–Kier alpha value is -3.02. The van der Waals surface area contributed by atoms with Crippen molar-refractivity contribution in [3.8, 4) is 5.75 Å². The number of rotatable bonds is 18. The first kappa shape index (κ1) is 36.4. The molecule has 1 aliphatic heterocycles. The van der Waals surface area contributed by atoms with E-state index in [0.29, 0.717) is 38.0 Å². The van der Waals surface area contributed by atoms with Gasteiger partial charge in [-0.3, -0.25) is 4.79 Å². The molecule has 3 atom stereocenters. The van der Waals surface area contributed by atoms with Gasteiger partial charge in [-0.05, 0) is 66.2 Å². The van der Waals surface area contributed by atoms with E-state index in [1.165, 1.54) is 12.0 Å². The Balaban J connectivity index is 1.80. The van der Waals surface area contributed by atoms with Crippen molar-refractivity contribution in [1.82, 2.24) is 4.90 Å². The van der Waals surface area contributed by atoms with E-state index in [1.807, 2.05) is 54.6 Å². The van der Waals surface area contributed by atoms with Crippen molar-refractivity contribution >= 4 is 20.3 Å². The summed E-state index contributed by atoms with van der Waals surface area (Å²) in [6, 6.07) is 17.0. The van der Waals surface area contributed by atoms with Gasteiger partial charge in [-0.2, -0.15) is 0 Å². The molecule has 0 bridgehead atoms. The summed E-state index contributed by atoms with van der Waals surface area (Å²) in [6.07, 6.45) is 0.0679. The summed E-state index contributed by atoms with van der Waals surface area (Å²) in [7, 11) is 1.05. The summed E-state index contributed by atoms with van der Waals surface area (Å²) >= 11 is 0. The number of cyclic esters (lactones) is 1. The number of ether oxygens (including phenoxy) is 5. The van der Waals surface area contributed by atoms with Crippen LogP contribution in [0.25, 0.3) is 0 Å². The largest absolute Gasteiger partial charge is 0.497 e. The quantitative estimate of drug-likeness (QED) is 0.0763. The number of hydrogen-bond donors (Lipinski definition) is 0. The molecular weight excluding hydrogens is 590 g/mol. The Morgan fingerprint density at radius 1 is 1.07 bits per heavy atom. The van der Waals surface area contributed by atoms with E-state index in [-0.39, 0.29) is 31.0 Å². The standard InChI is InChI=1S/C35H51NO8Si/c1-26(22-44-45(7,8)35(2,3)4)32(43-25-39-5)31(15-12-20-41-23-28-16-18-30(40-6)19-17-28)33(37)36-29(24-42-34(36)38)21-27-13-10-9-11-14-27/h9-11,13-14,16-19,29,31-32H,1,12,15,20-25H2,2-8H3/t29-,31-,32+/m1/s1. The second-order valence-electron chi connectivity index (χ2n) is 13.0. The van der Waals surface area contributed by atoms with E-state index in [9.17, 15) is 9.59 Å².